The van der Waals surface area contributed by atoms with Crippen molar-refractivity contribution in [3.8, 4) is 0 Å². The first kappa shape index (κ1) is 22.1. The standard InChI is InChI=1S/C20H23BrN2O4S/c1-13(2)27-19(25)11-15(14-7-5-4-6-8-14)22-18(24)12-23(3)20(26)16-9-10-17(21)28-16/h4-10,13,15H,11-12H2,1-3H3,(H,22,24). The minimum absolute atomic E-state index is 0.0173. The number of esters is 1. The molecule has 0 aliphatic rings. The summed E-state index contributed by atoms with van der Waals surface area (Å²) in [5.74, 6) is -0.976. The molecule has 0 aliphatic heterocycles. The fraction of sp³-hybridized carbons (Fsp3) is 0.350. The average molecular weight is 467 g/mol. The summed E-state index contributed by atoms with van der Waals surface area (Å²) >= 11 is 4.63. The van der Waals surface area contributed by atoms with E-state index in [1.54, 1.807) is 33.0 Å². The molecule has 1 aromatic heterocycles. The number of rotatable bonds is 8. The molecule has 2 rings (SSSR count). The van der Waals surface area contributed by atoms with E-state index in [4.69, 9.17) is 4.74 Å². The molecule has 1 N–H and O–H groups in total. The topological polar surface area (TPSA) is 75.7 Å². The second-order valence-corrected chi connectivity index (χ2v) is 9.00. The van der Waals surface area contributed by atoms with Gasteiger partial charge in [0.15, 0.2) is 0 Å². The number of thiophene rings is 1. The molecule has 0 saturated heterocycles. The third kappa shape index (κ3) is 6.76. The predicted octanol–water partition coefficient (Wildman–Crippen LogP) is 3.78. The average Bonchev–Trinajstić information content (AvgIpc) is 3.06. The fourth-order valence-electron chi connectivity index (χ4n) is 2.56. The number of nitrogens with zero attached hydrogens (tertiary/aromatic N) is 1. The molecule has 0 bridgehead atoms. The normalized spacial score (nSPS) is 11.8. The highest BCUT2D eigenvalue weighted by Gasteiger charge is 2.22. The maximum Gasteiger partial charge on any atom is 0.308 e. The van der Waals surface area contributed by atoms with Crippen molar-refractivity contribution in [3.63, 3.8) is 0 Å². The molecular weight excluding hydrogens is 444 g/mol. The second kappa shape index (κ2) is 10.4. The number of amides is 2. The summed E-state index contributed by atoms with van der Waals surface area (Å²) in [6.07, 6.45) is -0.211. The Hall–Kier alpha value is -2.19. The molecule has 0 saturated carbocycles. The van der Waals surface area contributed by atoms with Crippen molar-refractivity contribution in [2.45, 2.75) is 32.4 Å². The van der Waals surface area contributed by atoms with Gasteiger partial charge in [0.05, 0.1) is 33.8 Å². The zero-order valence-electron chi connectivity index (χ0n) is 16.0. The van der Waals surface area contributed by atoms with Crippen molar-refractivity contribution in [1.82, 2.24) is 10.2 Å². The van der Waals surface area contributed by atoms with Crippen LogP contribution in [0, 0.1) is 0 Å². The number of hydrogen-bond acceptors (Lipinski definition) is 5. The van der Waals surface area contributed by atoms with Gasteiger partial charge in [0.25, 0.3) is 5.91 Å². The van der Waals surface area contributed by atoms with Gasteiger partial charge < -0.3 is 15.0 Å². The third-order valence-corrected chi connectivity index (χ3v) is 5.40. The van der Waals surface area contributed by atoms with E-state index in [1.807, 2.05) is 30.3 Å². The summed E-state index contributed by atoms with van der Waals surface area (Å²) in [6, 6.07) is 12.2. The van der Waals surface area contributed by atoms with Gasteiger partial charge in [-0.1, -0.05) is 30.3 Å². The van der Waals surface area contributed by atoms with Crippen molar-refractivity contribution >= 4 is 45.1 Å². The number of halogens is 1. The van der Waals surface area contributed by atoms with Crippen molar-refractivity contribution in [3.05, 3.63) is 56.7 Å². The van der Waals surface area contributed by atoms with Gasteiger partial charge in [0.2, 0.25) is 5.91 Å². The zero-order chi connectivity index (χ0) is 20.7. The number of likely N-dealkylation sites (N-methyl/N-ethyl adjacent to an activating group) is 1. The van der Waals surface area contributed by atoms with Crippen LogP contribution in [0.2, 0.25) is 0 Å². The van der Waals surface area contributed by atoms with Gasteiger partial charge in [-0.3, -0.25) is 14.4 Å². The summed E-state index contributed by atoms with van der Waals surface area (Å²) in [7, 11) is 1.57. The molecule has 2 amide bonds. The van der Waals surface area contributed by atoms with Crippen LogP contribution in [0.4, 0.5) is 0 Å². The summed E-state index contributed by atoms with van der Waals surface area (Å²) in [5, 5.41) is 2.84. The van der Waals surface area contributed by atoms with Crippen LogP contribution in [0.3, 0.4) is 0 Å². The number of carbonyl (C=O) groups is 3. The number of carbonyl (C=O) groups excluding carboxylic acids is 3. The van der Waals surface area contributed by atoms with Crippen LogP contribution < -0.4 is 5.32 Å². The van der Waals surface area contributed by atoms with Crippen LogP contribution in [-0.4, -0.2) is 42.4 Å². The predicted molar refractivity (Wildman–Crippen MR) is 112 cm³/mol. The molecule has 28 heavy (non-hydrogen) atoms. The zero-order valence-corrected chi connectivity index (χ0v) is 18.4. The Balaban J connectivity index is 2.02. The smallest absolute Gasteiger partial charge is 0.308 e. The number of nitrogens with one attached hydrogen (secondary N) is 1. The van der Waals surface area contributed by atoms with Crippen LogP contribution in [-0.2, 0) is 14.3 Å². The molecule has 1 unspecified atom stereocenters. The molecule has 6 nitrogen and oxygen atoms in total. The molecule has 150 valence electrons. The van der Waals surface area contributed by atoms with Crippen LogP contribution in [0.5, 0.6) is 0 Å². The van der Waals surface area contributed by atoms with Gasteiger partial charge in [0.1, 0.15) is 0 Å². The minimum atomic E-state index is -0.528. The highest BCUT2D eigenvalue weighted by Crippen LogP contribution is 2.23. The Labute approximate surface area is 177 Å². The van der Waals surface area contributed by atoms with Gasteiger partial charge in [-0.2, -0.15) is 0 Å². The lowest BCUT2D eigenvalue weighted by atomic mass is 10.0. The monoisotopic (exact) mass is 466 g/mol. The van der Waals surface area contributed by atoms with Gasteiger partial charge in [-0.25, -0.2) is 0 Å². The van der Waals surface area contributed by atoms with Crippen molar-refractivity contribution in [1.29, 1.82) is 0 Å². The molecule has 8 heteroatoms. The molecule has 0 spiro atoms. The first-order valence-electron chi connectivity index (χ1n) is 8.81. The number of benzene rings is 1. The first-order valence-corrected chi connectivity index (χ1v) is 10.4. The van der Waals surface area contributed by atoms with Gasteiger partial charge in [0, 0.05) is 7.05 Å². The maximum absolute atomic E-state index is 12.5. The van der Waals surface area contributed by atoms with Crippen LogP contribution in [0.1, 0.15) is 41.5 Å². The summed E-state index contributed by atoms with van der Waals surface area (Å²) < 4.78 is 6.05. The van der Waals surface area contributed by atoms with E-state index < -0.39 is 12.0 Å². The van der Waals surface area contributed by atoms with E-state index in [0.29, 0.717) is 4.88 Å². The highest BCUT2D eigenvalue weighted by atomic mass is 79.9. The molecule has 1 aromatic carbocycles. The maximum atomic E-state index is 12.5. The van der Waals surface area contributed by atoms with E-state index in [0.717, 1.165) is 9.35 Å². The number of ether oxygens (including phenoxy) is 1. The van der Waals surface area contributed by atoms with E-state index in [2.05, 4.69) is 21.2 Å². The summed E-state index contributed by atoms with van der Waals surface area (Å²) in [5.41, 5.74) is 0.799. The largest absolute Gasteiger partial charge is 0.463 e. The molecule has 0 radical (unpaired) electrons. The number of hydrogen-bond donors (Lipinski definition) is 1. The minimum Gasteiger partial charge on any atom is -0.463 e. The second-order valence-electron chi connectivity index (χ2n) is 6.54. The lowest BCUT2D eigenvalue weighted by Gasteiger charge is -2.22. The van der Waals surface area contributed by atoms with Crippen molar-refractivity contribution < 1.29 is 19.1 Å². The Morgan fingerprint density at radius 2 is 1.82 bits per heavy atom. The third-order valence-electron chi connectivity index (χ3n) is 3.79. The van der Waals surface area contributed by atoms with Gasteiger partial charge in [-0.15, -0.1) is 11.3 Å². The SMILES string of the molecule is CC(C)OC(=O)CC(NC(=O)CN(C)C(=O)c1ccc(Br)s1)c1ccccc1. The fourth-order valence-corrected chi connectivity index (χ4v) is 3.94. The molecule has 1 atom stereocenters. The van der Waals surface area contributed by atoms with Crippen LogP contribution in [0.25, 0.3) is 0 Å². The molecular formula is C20H23BrN2O4S. The van der Waals surface area contributed by atoms with Crippen molar-refractivity contribution in [2.24, 2.45) is 0 Å². The quantitative estimate of drug-likeness (QED) is 0.600. The van der Waals surface area contributed by atoms with E-state index >= 15 is 0 Å². The van der Waals surface area contributed by atoms with Crippen LogP contribution >= 0.6 is 27.3 Å². The van der Waals surface area contributed by atoms with Crippen molar-refractivity contribution in [2.75, 3.05) is 13.6 Å². The highest BCUT2D eigenvalue weighted by molar-refractivity contribution is 9.11. The van der Waals surface area contributed by atoms with E-state index in [1.165, 1.54) is 16.2 Å². The van der Waals surface area contributed by atoms with Gasteiger partial charge >= 0.3 is 5.97 Å². The molecule has 2 aromatic rings. The Bertz CT molecular complexity index is 823. The molecule has 0 aliphatic carbocycles. The summed E-state index contributed by atoms with van der Waals surface area (Å²) in [4.78, 5) is 38.9. The van der Waals surface area contributed by atoms with E-state index in [9.17, 15) is 14.4 Å². The molecule has 0 fully saturated rings. The Morgan fingerprint density at radius 1 is 1.14 bits per heavy atom. The van der Waals surface area contributed by atoms with Gasteiger partial charge in [-0.05, 0) is 47.5 Å². The lowest BCUT2D eigenvalue weighted by Crippen LogP contribution is -2.40. The first-order chi connectivity index (χ1) is 13.3. The lowest BCUT2D eigenvalue weighted by molar-refractivity contribution is -0.148. The molecule has 1 heterocycles. The Morgan fingerprint density at radius 3 is 2.39 bits per heavy atom. The summed E-state index contributed by atoms with van der Waals surface area (Å²) in [6.45, 7) is 3.44. The van der Waals surface area contributed by atoms with E-state index in [-0.39, 0.29) is 30.9 Å². The van der Waals surface area contributed by atoms with Crippen LogP contribution in [0.15, 0.2) is 46.3 Å². The Kier molecular flexibility index (Phi) is 8.19.